The average Bonchev–Trinajstić information content (AvgIpc) is 2.97. The molecular weight excluding hydrogens is 616 g/mol. The second-order valence-corrected chi connectivity index (χ2v) is 9.14. The van der Waals surface area contributed by atoms with Crippen molar-refractivity contribution in [3.8, 4) is 11.5 Å². The summed E-state index contributed by atoms with van der Waals surface area (Å²) in [5, 5.41) is 0. The third kappa shape index (κ3) is 10.0. The van der Waals surface area contributed by atoms with Crippen LogP contribution in [-0.2, 0) is 39.6 Å². The van der Waals surface area contributed by atoms with Gasteiger partial charge >= 0.3 is 24.8 Å². The Labute approximate surface area is 255 Å². The number of carbonyl (C=O) groups is 3. The van der Waals surface area contributed by atoms with E-state index in [-0.39, 0.29) is 37.4 Å². The van der Waals surface area contributed by atoms with Crippen molar-refractivity contribution in [2.45, 2.75) is 64.3 Å². The average molecular weight is 649 g/mol. The second-order valence-electron chi connectivity index (χ2n) is 9.14. The van der Waals surface area contributed by atoms with Crippen molar-refractivity contribution in [3.63, 3.8) is 0 Å². The summed E-state index contributed by atoms with van der Waals surface area (Å²) < 4.78 is 100. The SMILES string of the molecule is CCOC(=O)O[C@H]1O[C@@H](c2ccc(OC(F)(F)F)c(Cc3ccc(OC)cc3)c2)[C@H](OC(=O)OCC)[C@@H](OC(=O)OCC)C1F. The Kier molecular flexibility index (Phi) is 12.5. The Balaban J connectivity index is 2.12. The van der Waals surface area contributed by atoms with Crippen molar-refractivity contribution in [2.24, 2.45) is 0 Å². The summed E-state index contributed by atoms with van der Waals surface area (Å²) >= 11 is 0. The highest BCUT2D eigenvalue weighted by Crippen LogP contribution is 2.40. The summed E-state index contributed by atoms with van der Waals surface area (Å²) in [6.45, 7) is 3.93. The Bertz CT molecular complexity index is 1290. The van der Waals surface area contributed by atoms with Crippen LogP contribution in [0, 0.1) is 0 Å². The predicted octanol–water partition coefficient (Wildman–Crippen LogP) is 6.18. The number of benzene rings is 2. The molecule has 1 heterocycles. The van der Waals surface area contributed by atoms with E-state index in [1.807, 2.05) is 0 Å². The van der Waals surface area contributed by atoms with Crippen LogP contribution in [0.15, 0.2) is 42.5 Å². The number of halogens is 4. The van der Waals surface area contributed by atoms with Crippen molar-refractivity contribution < 1.29 is 74.6 Å². The van der Waals surface area contributed by atoms with Gasteiger partial charge in [-0.05, 0) is 61.7 Å². The maximum atomic E-state index is 15.8. The standard InChI is InChI=1S/C29H32F4O12/c1-5-38-26(34)42-23-21(30)25(44-28(36)40-7-3)41-22(24(23)43-27(35)39-6-2)17-10-13-20(45-29(31,32)33)18(15-17)14-16-8-11-19(37-4)12-9-16/h8-13,15,21-25H,5-7,14H2,1-4H3/t21?,22-,23-,24-,25+/m0/s1. The summed E-state index contributed by atoms with van der Waals surface area (Å²) in [5.41, 5.74) is 0.547. The lowest BCUT2D eigenvalue weighted by Gasteiger charge is -2.41. The van der Waals surface area contributed by atoms with Gasteiger partial charge in [0.05, 0.1) is 26.9 Å². The van der Waals surface area contributed by atoms with Crippen molar-refractivity contribution in [2.75, 3.05) is 26.9 Å². The number of ether oxygens (including phenoxy) is 9. The predicted molar refractivity (Wildman–Crippen MR) is 143 cm³/mol. The number of hydrogen-bond acceptors (Lipinski definition) is 12. The smallest absolute Gasteiger partial charge is 0.497 e. The maximum Gasteiger partial charge on any atom is 0.573 e. The van der Waals surface area contributed by atoms with Crippen molar-refractivity contribution in [1.29, 1.82) is 0 Å². The van der Waals surface area contributed by atoms with Gasteiger partial charge in [-0.1, -0.05) is 18.2 Å². The van der Waals surface area contributed by atoms with Gasteiger partial charge in [0.2, 0.25) is 12.5 Å². The van der Waals surface area contributed by atoms with E-state index in [9.17, 15) is 27.6 Å². The fourth-order valence-electron chi connectivity index (χ4n) is 4.30. The topological polar surface area (TPSA) is 134 Å². The summed E-state index contributed by atoms with van der Waals surface area (Å²) in [5.74, 6) is -0.0577. The Hall–Kier alpha value is -4.47. The molecule has 0 bridgehead atoms. The second kappa shape index (κ2) is 16.0. The van der Waals surface area contributed by atoms with Crippen LogP contribution in [-0.4, -0.2) is 76.4 Å². The largest absolute Gasteiger partial charge is 0.573 e. The van der Waals surface area contributed by atoms with E-state index in [4.69, 9.17) is 37.9 Å². The zero-order chi connectivity index (χ0) is 33.1. The monoisotopic (exact) mass is 648 g/mol. The first-order valence-corrected chi connectivity index (χ1v) is 13.7. The highest BCUT2D eigenvalue weighted by Gasteiger charge is 2.54. The molecule has 1 unspecified atom stereocenters. The van der Waals surface area contributed by atoms with E-state index in [1.165, 1.54) is 33.9 Å². The third-order valence-electron chi connectivity index (χ3n) is 6.13. The van der Waals surface area contributed by atoms with Crippen LogP contribution in [0.2, 0.25) is 0 Å². The Morgan fingerprint density at radius 3 is 1.89 bits per heavy atom. The lowest BCUT2D eigenvalue weighted by molar-refractivity contribution is -0.275. The van der Waals surface area contributed by atoms with Crippen molar-refractivity contribution in [1.82, 2.24) is 0 Å². The first-order chi connectivity index (χ1) is 21.4. The number of carbonyl (C=O) groups excluding carboxylic acids is 3. The van der Waals surface area contributed by atoms with Crippen molar-refractivity contribution >= 4 is 18.5 Å². The molecule has 0 spiro atoms. The zero-order valence-electron chi connectivity index (χ0n) is 24.7. The molecule has 0 aromatic heterocycles. The van der Waals surface area contributed by atoms with E-state index in [0.29, 0.717) is 11.3 Å². The van der Waals surface area contributed by atoms with Crippen LogP contribution >= 0.6 is 0 Å². The van der Waals surface area contributed by atoms with E-state index >= 15 is 4.39 Å². The third-order valence-corrected chi connectivity index (χ3v) is 6.13. The number of methoxy groups -OCH3 is 1. The minimum Gasteiger partial charge on any atom is -0.497 e. The number of hydrogen-bond donors (Lipinski definition) is 0. The number of alkyl halides is 4. The molecule has 1 aliphatic rings. The molecule has 248 valence electrons. The molecule has 5 atom stereocenters. The van der Waals surface area contributed by atoms with Crippen LogP contribution in [0.1, 0.15) is 43.6 Å². The highest BCUT2D eigenvalue weighted by atomic mass is 19.4. The lowest BCUT2D eigenvalue weighted by Crippen LogP contribution is -2.56. The van der Waals surface area contributed by atoms with Crippen LogP contribution in [0.3, 0.4) is 0 Å². The van der Waals surface area contributed by atoms with Crippen LogP contribution in [0.4, 0.5) is 31.9 Å². The first-order valence-electron chi connectivity index (χ1n) is 13.7. The maximum absolute atomic E-state index is 15.8. The summed E-state index contributed by atoms with van der Waals surface area (Å²) in [6.07, 6.45) is -19.1. The van der Waals surface area contributed by atoms with Crippen LogP contribution < -0.4 is 9.47 Å². The van der Waals surface area contributed by atoms with Gasteiger partial charge in [0, 0.05) is 6.42 Å². The fourth-order valence-corrected chi connectivity index (χ4v) is 4.30. The molecule has 2 aromatic rings. The van der Waals surface area contributed by atoms with Crippen LogP contribution in [0.25, 0.3) is 0 Å². The summed E-state index contributed by atoms with van der Waals surface area (Å²) in [7, 11) is 1.45. The molecule has 0 aliphatic carbocycles. The molecule has 3 rings (SSSR count). The van der Waals surface area contributed by atoms with Gasteiger partial charge in [0.1, 0.15) is 17.6 Å². The molecule has 16 heteroatoms. The molecule has 1 fully saturated rings. The number of rotatable bonds is 11. The molecule has 1 aliphatic heterocycles. The molecule has 0 amide bonds. The molecule has 45 heavy (non-hydrogen) atoms. The minimum atomic E-state index is -5.05. The normalized spacial score (nSPS) is 21.2. The van der Waals surface area contributed by atoms with Gasteiger partial charge in [-0.3, -0.25) is 0 Å². The Morgan fingerprint density at radius 2 is 1.36 bits per heavy atom. The fraction of sp³-hybridized carbons (Fsp3) is 0.483. The van der Waals surface area contributed by atoms with E-state index < -0.39 is 61.4 Å². The molecule has 1 saturated heterocycles. The molecule has 0 saturated carbocycles. The van der Waals surface area contributed by atoms with Gasteiger partial charge in [-0.2, -0.15) is 0 Å². The molecule has 0 radical (unpaired) electrons. The highest BCUT2D eigenvalue weighted by molar-refractivity contribution is 5.62. The van der Waals surface area contributed by atoms with Crippen LogP contribution in [0.5, 0.6) is 11.5 Å². The van der Waals surface area contributed by atoms with Gasteiger partial charge < -0.3 is 42.6 Å². The van der Waals surface area contributed by atoms with Gasteiger partial charge in [-0.25, -0.2) is 18.8 Å². The van der Waals surface area contributed by atoms with Gasteiger partial charge in [-0.15, -0.1) is 13.2 Å². The zero-order valence-corrected chi connectivity index (χ0v) is 24.7. The summed E-state index contributed by atoms with van der Waals surface area (Å²) in [4.78, 5) is 36.8. The first kappa shape index (κ1) is 35.0. The van der Waals surface area contributed by atoms with E-state index in [2.05, 4.69) is 4.74 Å². The van der Waals surface area contributed by atoms with E-state index in [0.717, 1.165) is 12.1 Å². The minimum absolute atomic E-state index is 0.00384. The van der Waals surface area contributed by atoms with Gasteiger partial charge in [0.25, 0.3) is 0 Å². The molecular formula is C29H32F4O12. The lowest BCUT2D eigenvalue weighted by atomic mass is 9.91. The van der Waals surface area contributed by atoms with Crippen molar-refractivity contribution in [3.05, 3.63) is 59.2 Å². The quantitative estimate of drug-likeness (QED) is 0.157. The van der Waals surface area contributed by atoms with Gasteiger partial charge in [0.15, 0.2) is 12.2 Å². The summed E-state index contributed by atoms with van der Waals surface area (Å²) in [6, 6.07) is 9.79. The molecule has 0 N–H and O–H groups in total. The molecule has 2 aromatic carbocycles. The molecule has 12 nitrogen and oxygen atoms in total. The van der Waals surface area contributed by atoms with E-state index in [1.54, 1.807) is 24.3 Å². The Morgan fingerprint density at radius 1 is 0.800 bits per heavy atom.